The first-order chi connectivity index (χ1) is 12.6. The van der Waals surface area contributed by atoms with E-state index in [1.807, 2.05) is 61.5 Å². The maximum absolute atomic E-state index is 12.7. The number of anilines is 1. The van der Waals surface area contributed by atoms with Crippen LogP contribution in [-0.2, 0) is 11.2 Å². The van der Waals surface area contributed by atoms with Gasteiger partial charge in [0.25, 0.3) is 0 Å². The number of hydrogen-bond donors (Lipinski definition) is 0. The molecule has 0 bridgehead atoms. The van der Waals surface area contributed by atoms with E-state index >= 15 is 0 Å². The van der Waals surface area contributed by atoms with Crippen LogP contribution in [0.5, 0.6) is 0 Å². The Labute approximate surface area is 154 Å². The fraction of sp³-hybridized carbons (Fsp3) is 0.150. The number of aromatic nitrogens is 2. The summed E-state index contributed by atoms with van der Waals surface area (Å²) in [5, 5.41) is 0.681. The minimum atomic E-state index is -0.0694. The molecule has 2 aromatic heterocycles. The van der Waals surface area contributed by atoms with E-state index in [2.05, 4.69) is 9.97 Å². The number of likely N-dealkylation sites (N-methyl/N-ethyl adjacent to an activating group) is 1. The molecule has 2 heterocycles. The van der Waals surface area contributed by atoms with Crippen molar-refractivity contribution in [2.24, 2.45) is 0 Å². The average Bonchev–Trinajstić information content (AvgIpc) is 3.25. The lowest BCUT2D eigenvalue weighted by molar-refractivity contribution is -0.117. The number of carbonyl (C=O) groups is 1. The molecule has 26 heavy (non-hydrogen) atoms. The second-order valence-corrected chi connectivity index (χ2v) is 6.99. The van der Waals surface area contributed by atoms with E-state index < -0.39 is 0 Å². The molecule has 0 atom stereocenters. The van der Waals surface area contributed by atoms with Gasteiger partial charge in [-0.15, -0.1) is 0 Å². The topological polar surface area (TPSA) is 59.2 Å². The average molecular weight is 363 g/mol. The number of amides is 1. The first-order valence-electron chi connectivity index (χ1n) is 8.25. The van der Waals surface area contributed by atoms with E-state index in [4.69, 9.17) is 4.42 Å². The van der Waals surface area contributed by atoms with Gasteiger partial charge in [0.2, 0.25) is 11.8 Å². The fourth-order valence-electron chi connectivity index (χ4n) is 2.67. The monoisotopic (exact) mass is 363 g/mol. The molecule has 0 aliphatic heterocycles. The predicted molar refractivity (Wildman–Crippen MR) is 103 cm³/mol. The van der Waals surface area contributed by atoms with Gasteiger partial charge in [-0.3, -0.25) is 9.69 Å². The van der Waals surface area contributed by atoms with Crippen molar-refractivity contribution in [3.8, 4) is 11.5 Å². The van der Waals surface area contributed by atoms with Crippen molar-refractivity contribution in [3.63, 3.8) is 0 Å². The maximum Gasteiger partial charge on any atom is 0.234 e. The number of para-hydroxylation sites is 1. The normalized spacial score (nSPS) is 11.0. The fourth-order valence-corrected chi connectivity index (χ4v) is 3.61. The molecular weight excluding hydrogens is 346 g/mol. The van der Waals surface area contributed by atoms with Gasteiger partial charge in [-0.25, -0.2) is 9.97 Å². The van der Waals surface area contributed by atoms with Gasteiger partial charge in [-0.05, 0) is 31.2 Å². The van der Waals surface area contributed by atoms with E-state index in [1.54, 1.807) is 11.9 Å². The van der Waals surface area contributed by atoms with E-state index in [-0.39, 0.29) is 12.3 Å². The molecule has 1 amide bonds. The first kappa shape index (κ1) is 16.5. The van der Waals surface area contributed by atoms with Crippen molar-refractivity contribution >= 4 is 32.6 Å². The third kappa shape index (κ3) is 3.11. The molecule has 0 fully saturated rings. The zero-order valence-electron chi connectivity index (χ0n) is 14.5. The van der Waals surface area contributed by atoms with E-state index in [0.29, 0.717) is 22.5 Å². The van der Waals surface area contributed by atoms with Crippen molar-refractivity contribution in [3.05, 3.63) is 66.1 Å². The molecule has 0 saturated heterocycles. The SMILES string of the molecule is Cc1oc(-c2ccccc2)nc1CC(=O)N(C)c1nc2ccccc2s1. The van der Waals surface area contributed by atoms with Crippen LogP contribution < -0.4 is 4.90 Å². The summed E-state index contributed by atoms with van der Waals surface area (Å²) < 4.78 is 6.80. The van der Waals surface area contributed by atoms with Crippen molar-refractivity contribution < 1.29 is 9.21 Å². The highest BCUT2D eigenvalue weighted by Crippen LogP contribution is 2.28. The third-order valence-electron chi connectivity index (χ3n) is 4.18. The second-order valence-electron chi connectivity index (χ2n) is 5.98. The van der Waals surface area contributed by atoms with Gasteiger partial charge in [0.05, 0.1) is 22.3 Å². The Morgan fingerprint density at radius 3 is 2.58 bits per heavy atom. The van der Waals surface area contributed by atoms with Crippen molar-refractivity contribution in [2.75, 3.05) is 11.9 Å². The summed E-state index contributed by atoms with van der Waals surface area (Å²) in [7, 11) is 1.74. The second kappa shape index (κ2) is 6.72. The van der Waals surface area contributed by atoms with Crippen LogP contribution >= 0.6 is 11.3 Å². The summed E-state index contributed by atoms with van der Waals surface area (Å²) >= 11 is 1.50. The Bertz CT molecular complexity index is 1040. The van der Waals surface area contributed by atoms with Crippen LogP contribution in [-0.4, -0.2) is 22.9 Å². The lowest BCUT2D eigenvalue weighted by Crippen LogP contribution is -2.28. The molecule has 0 spiro atoms. The largest absolute Gasteiger partial charge is 0.441 e. The Hall–Kier alpha value is -2.99. The molecular formula is C20H17N3O2S. The number of nitrogens with zero attached hydrogens (tertiary/aromatic N) is 3. The summed E-state index contributed by atoms with van der Waals surface area (Å²) in [6.45, 7) is 1.83. The predicted octanol–water partition coefficient (Wildman–Crippen LogP) is 4.47. The molecule has 2 aromatic carbocycles. The summed E-state index contributed by atoms with van der Waals surface area (Å²) in [5.74, 6) is 1.13. The van der Waals surface area contributed by atoms with E-state index in [1.165, 1.54) is 11.3 Å². The first-order valence-corrected chi connectivity index (χ1v) is 9.07. The molecule has 6 heteroatoms. The zero-order valence-corrected chi connectivity index (χ0v) is 15.3. The van der Waals surface area contributed by atoms with Crippen molar-refractivity contribution in [2.45, 2.75) is 13.3 Å². The van der Waals surface area contributed by atoms with Gasteiger partial charge in [-0.1, -0.05) is 41.7 Å². The quantitative estimate of drug-likeness (QED) is 0.537. The van der Waals surface area contributed by atoms with Gasteiger partial charge >= 0.3 is 0 Å². The molecule has 0 saturated carbocycles. The highest BCUT2D eigenvalue weighted by molar-refractivity contribution is 7.22. The number of fused-ring (bicyclic) bond motifs is 1. The molecule has 0 aliphatic carbocycles. The molecule has 4 aromatic rings. The molecule has 0 unspecified atom stereocenters. The molecule has 0 radical (unpaired) electrons. The van der Waals surface area contributed by atoms with Crippen LogP contribution in [0.4, 0.5) is 5.13 Å². The number of thiazole rings is 1. The maximum atomic E-state index is 12.7. The van der Waals surface area contributed by atoms with Crippen LogP contribution in [0.15, 0.2) is 59.0 Å². The molecule has 4 rings (SSSR count). The summed E-state index contributed by atoms with van der Waals surface area (Å²) in [4.78, 5) is 23.3. The van der Waals surface area contributed by atoms with E-state index in [0.717, 1.165) is 15.8 Å². The Balaban J connectivity index is 1.55. The minimum Gasteiger partial charge on any atom is -0.441 e. The van der Waals surface area contributed by atoms with Gasteiger partial charge in [0.15, 0.2) is 5.13 Å². The number of rotatable bonds is 4. The highest BCUT2D eigenvalue weighted by Gasteiger charge is 2.20. The summed E-state index contributed by atoms with van der Waals surface area (Å²) in [5.41, 5.74) is 2.45. The Morgan fingerprint density at radius 2 is 1.81 bits per heavy atom. The standard InChI is InChI=1S/C20H17N3O2S/c1-13-16(21-19(25-13)14-8-4-3-5-9-14)12-18(24)23(2)20-22-15-10-6-7-11-17(15)26-20/h3-11H,12H2,1-2H3. The molecule has 5 nitrogen and oxygen atoms in total. The van der Waals surface area contributed by atoms with Gasteiger partial charge < -0.3 is 4.42 Å². The number of aryl methyl sites for hydroxylation is 1. The molecule has 0 N–H and O–H groups in total. The van der Waals surface area contributed by atoms with Crippen molar-refractivity contribution in [1.29, 1.82) is 0 Å². The van der Waals surface area contributed by atoms with Crippen LogP contribution in [0, 0.1) is 6.92 Å². The number of oxazole rings is 1. The van der Waals surface area contributed by atoms with Crippen LogP contribution in [0.25, 0.3) is 21.7 Å². The molecule has 0 aliphatic rings. The lowest BCUT2D eigenvalue weighted by atomic mass is 10.2. The number of hydrogen-bond acceptors (Lipinski definition) is 5. The lowest BCUT2D eigenvalue weighted by Gasteiger charge is -2.12. The Morgan fingerprint density at radius 1 is 1.08 bits per heavy atom. The number of carbonyl (C=O) groups excluding carboxylic acids is 1. The summed E-state index contributed by atoms with van der Waals surface area (Å²) in [6.07, 6.45) is 0.175. The summed E-state index contributed by atoms with van der Waals surface area (Å²) in [6, 6.07) is 17.5. The van der Waals surface area contributed by atoms with Gasteiger partial charge in [-0.2, -0.15) is 0 Å². The Kier molecular flexibility index (Phi) is 4.26. The molecule has 130 valence electrons. The third-order valence-corrected chi connectivity index (χ3v) is 5.29. The van der Waals surface area contributed by atoms with Gasteiger partial charge in [0, 0.05) is 12.6 Å². The zero-order chi connectivity index (χ0) is 18.1. The highest BCUT2D eigenvalue weighted by atomic mass is 32.1. The minimum absolute atomic E-state index is 0.0694. The van der Waals surface area contributed by atoms with Crippen LogP contribution in [0.2, 0.25) is 0 Å². The smallest absolute Gasteiger partial charge is 0.234 e. The van der Waals surface area contributed by atoms with Crippen LogP contribution in [0.1, 0.15) is 11.5 Å². The number of benzene rings is 2. The van der Waals surface area contributed by atoms with Crippen LogP contribution in [0.3, 0.4) is 0 Å². The van der Waals surface area contributed by atoms with E-state index in [9.17, 15) is 4.79 Å². The van der Waals surface area contributed by atoms with Gasteiger partial charge in [0.1, 0.15) is 5.76 Å². The van der Waals surface area contributed by atoms with Crippen molar-refractivity contribution in [1.82, 2.24) is 9.97 Å².